The Bertz CT molecular complexity index is 2090. The monoisotopic (exact) mass is 584 g/mol. The molecule has 6 rings (SSSR count). The van der Waals surface area contributed by atoms with Crippen LogP contribution >= 0.6 is 0 Å². The van der Waals surface area contributed by atoms with E-state index in [-0.39, 0.29) is 28.3 Å². The van der Waals surface area contributed by atoms with Gasteiger partial charge in [-0.05, 0) is 49.0 Å². The molecule has 1 fully saturated rings. The highest BCUT2D eigenvalue weighted by molar-refractivity contribution is 7.86. The molecule has 5 aromatic rings. The van der Waals surface area contributed by atoms with Crippen LogP contribution in [-0.4, -0.2) is 55.8 Å². The van der Waals surface area contributed by atoms with Crippen molar-refractivity contribution in [3.8, 4) is 22.9 Å². The lowest BCUT2D eigenvalue weighted by Gasteiger charge is -2.39. The Morgan fingerprint density at radius 2 is 1.85 bits per heavy atom. The molecule has 1 aliphatic heterocycles. The van der Waals surface area contributed by atoms with E-state index in [1.807, 2.05) is 16.5 Å². The number of hydrogen-bond acceptors (Lipinski definition) is 6. The van der Waals surface area contributed by atoms with E-state index in [0.29, 0.717) is 46.1 Å². The fourth-order valence-electron chi connectivity index (χ4n) is 5.40. The van der Waals surface area contributed by atoms with E-state index in [0.717, 1.165) is 12.1 Å². The molecule has 3 heterocycles. The van der Waals surface area contributed by atoms with Gasteiger partial charge in [0, 0.05) is 29.6 Å². The number of rotatable bonds is 5. The average molecular weight is 585 g/mol. The lowest BCUT2D eigenvalue weighted by molar-refractivity contribution is -0.153. The van der Waals surface area contributed by atoms with Gasteiger partial charge in [-0.2, -0.15) is 26.9 Å². The Hall–Kier alpha value is -4.41. The van der Waals surface area contributed by atoms with Crippen LogP contribution < -0.4 is 10.2 Å². The van der Waals surface area contributed by atoms with Gasteiger partial charge in [0.05, 0.1) is 38.9 Å². The summed E-state index contributed by atoms with van der Waals surface area (Å²) in [5, 5.41) is 10.3. The van der Waals surface area contributed by atoms with Gasteiger partial charge in [-0.3, -0.25) is 4.79 Å². The van der Waals surface area contributed by atoms with E-state index in [1.54, 1.807) is 18.2 Å². The third-order valence-corrected chi connectivity index (χ3v) is 8.02. The first-order chi connectivity index (χ1) is 19.3. The van der Waals surface area contributed by atoms with Crippen molar-refractivity contribution in [2.75, 3.05) is 26.7 Å². The highest BCUT2D eigenvalue weighted by Gasteiger charge is 2.32. The maximum atomic E-state index is 13.9. The maximum absolute atomic E-state index is 13.9. The molecule has 0 atom stereocenters. The van der Waals surface area contributed by atoms with Gasteiger partial charge in [-0.1, -0.05) is 18.2 Å². The standard InChI is InChI=1S/C28H20F4N4O4S/c1-35-12-17(13-35)36-23-9-20(16-3-2-4-18(8-16)41(32,38)39)24(40-14-28(29,30)31)10-21(23)26(37)25-19-6-5-15(11-33)7-22(19)34-27(25)36/h2-10,17,34H,12-14H2,1H3. The smallest absolute Gasteiger partial charge is 0.422 e. The molecule has 0 unspecified atom stereocenters. The lowest BCUT2D eigenvalue weighted by Crippen LogP contribution is -2.45. The summed E-state index contributed by atoms with van der Waals surface area (Å²) in [6.07, 6.45) is -4.70. The molecule has 0 spiro atoms. The summed E-state index contributed by atoms with van der Waals surface area (Å²) in [4.78, 5) is 18.6. The van der Waals surface area contributed by atoms with Crippen LogP contribution in [0.4, 0.5) is 17.1 Å². The van der Waals surface area contributed by atoms with E-state index in [2.05, 4.69) is 11.1 Å². The molecule has 0 aliphatic carbocycles. The molecule has 41 heavy (non-hydrogen) atoms. The zero-order valence-corrected chi connectivity index (χ0v) is 22.1. The number of alkyl halides is 3. The number of ether oxygens (including phenoxy) is 1. The summed E-state index contributed by atoms with van der Waals surface area (Å²) in [7, 11) is -3.20. The van der Waals surface area contributed by atoms with Crippen LogP contribution in [0.2, 0.25) is 0 Å². The Morgan fingerprint density at radius 1 is 1.10 bits per heavy atom. The minimum absolute atomic E-state index is 0.0512. The Morgan fingerprint density at radius 3 is 2.51 bits per heavy atom. The second-order valence-corrected chi connectivity index (χ2v) is 11.4. The van der Waals surface area contributed by atoms with Gasteiger partial charge >= 0.3 is 16.4 Å². The normalized spacial score (nSPS) is 14.9. The van der Waals surface area contributed by atoms with Crippen LogP contribution in [0.5, 0.6) is 5.75 Å². The quantitative estimate of drug-likeness (QED) is 0.223. The van der Waals surface area contributed by atoms with Gasteiger partial charge in [-0.25, -0.2) is 0 Å². The Labute approximate surface area is 230 Å². The number of aromatic nitrogens is 2. The number of nitrogens with zero attached hydrogens (tertiary/aromatic N) is 3. The largest absolute Gasteiger partial charge is 0.483 e. The minimum Gasteiger partial charge on any atom is -0.483 e. The number of fused-ring (bicyclic) bond motifs is 4. The fourth-order valence-corrected chi connectivity index (χ4v) is 5.91. The molecule has 3 aromatic carbocycles. The lowest BCUT2D eigenvalue weighted by atomic mass is 9.99. The number of likely N-dealkylation sites (tertiary alicyclic amines) is 1. The molecule has 1 N–H and O–H groups in total. The van der Waals surface area contributed by atoms with Gasteiger partial charge in [0.2, 0.25) is 0 Å². The second-order valence-electron chi connectivity index (χ2n) is 10.0. The molecule has 1 saturated heterocycles. The molecule has 0 amide bonds. The van der Waals surface area contributed by atoms with E-state index < -0.39 is 33.3 Å². The zero-order valence-electron chi connectivity index (χ0n) is 21.3. The van der Waals surface area contributed by atoms with Crippen molar-refractivity contribution in [1.29, 1.82) is 5.26 Å². The molecule has 0 radical (unpaired) electrons. The first-order valence-corrected chi connectivity index (χ1v) is 13.7. The van der Waals surface area contributed by atoms with Crippen LogP contribution in [0.25, 0.3) is 44.0 Å². The summed E-state index contributed by atoms with van der Waals surface area (Å²) in [6.45, 7) is -0.438. The minimum atomic E-state index is -5.11. The predicted molar refractivity (Wildman–Crippen MR) is 144 cm³/mol. The molecular formula is C28H20F4N4O4S. The SMILES string of the molecule is CN1CC(n2c3cc(-c4cccc(S(=O)(=O)F)c4)c(OCC(F)(F)F)cc3c(=O)c3c4ccc(C#N)cc4[nH]c32)C1. The van der Waals surface area contributed by atoms with Gasteiger partial charge in [0.25, 0.3) is 0 Å². The molecule has 8 nitrogen and oxygen atoms in total. The number of H-pyrrole nitrogens is 1. The third kappa shape index (κ3) is 4.68. The average Bonchev–Trinajstić information content (AvgIpc) is 3.28. The number of benzene rings is 3. The molecule has 0 bridgehead atoms. The van der Waals surface area contributed by atoms with Crippen molar-refractivity contribution in [3.63, 3.8) is 0 Å². The van der Waals surface area contributed by atoms with Crippen LogP contribution in [-0.2, 0) is 10.2 Å². The summed E-state index contributed by atoms with van der Waals surface area (Å²) < 4.78 is 83.7. The Balaban J connectivity index is 1.71. The Kier molecular flexibility index (Phi) is 6.09. The number of pyridine rings is 1. The van der Waals surface area contributed by atoms with E-state index in [9.17, 15) is 35.5 Å². The van der Waals surface area contributed by atoms with Crippen molar-refractivity contribution in [3.05, 3.63) is 70.4 Å². The number of hydrogen-bond donors (Lipinski definition) is 1. The summed E-state index contributed by atoms with van der Waals surface area (Å²) in [5.74, 6) is -0.316. The van der Waals surface area contributed by atoms with Gasteiger partial charge < -0.3 is 19.2 Å². The molecule has 0 saturated carbocycles. The predicted octanol–water partition coefficient (Wildman–Crippen LogP) is 5.26. The third-order valence-electron chi connectivity index (χ3n) is 7.21. The number of nitrogens with one attached hydrogen (secondary N) is 1. The van der Waals surface area contributed by atoms with Crippen molar-refractivity contribution in [2.45, 2.75) is 17.1 Å². The molecular weight excluding hydrogens is 564 g/mol. The van der Waals surface area contributed by atoms with Crippen LogP contribution in [0, 0.1) is 11.3 Å². The molecule has 210 valence electrons. The van der Waals surface area contributed by atoms with Crippen molar-refractivity contribution in [2.24, 2.45) is 0 Å². The number of aromatic amines is 1. The van der Waals surface area contributed by atoms with E-state index >= 15 is 0 Å². The first-order valence-electron chi connectivity index (χ1n) is 12.3. The van der Waals surface area contributed by atoms with Gasteiger partial charge in [-0.15, -0.1) is 3.89 Å². The summed E-state index contributed by atoms with van der Waals surface area (Å²) in [6, 6.07) is 14.2. The maximum Gasteiger partial charge on any atom is 0.422 e. The van der Waals surface area contributed by atoms with Crippen LogP contribution in [0.1, 0.15) is 11.6 Å². The van der Waals surface area contributed by atoms with Crippen molar-refractivity contribution >= 4 is 43.1 Å². The van der Waals surface area contributed by atoms with Crippen molar-refractivity contribution in [1.82, 2.24) is 14.5 Å². The van der Waals surface area contributed by atoms with E-state index in [4.69, 9.17) is 4.74 Å². The van der Waals surface area contributed by atoms with Crippen LogP contribution in [0.15, 0.2) is 64.3 Å². The zero-order chi connectivity index (χ0) is 29.3. The molecule has 2 aromatic heterocycles. The number of likely N-dealkylation sites (N-methyl/N-ethyl adjacent to an activating group) is 1. The highest BCUT2D eigenvalue weighted by Crippen LogP contribution is 2.39. The molecule has 1 aliphatic rings. The first kappa shape index (κ1) is 26.8. The van der Waals surface area contributed by atoms with Crippen LogP contribution in [0.3, 0.4) is 0 Å². The second kappa shape index (κ2) is 9.32. The summed E-state index contributed by atoms with van der Waals surface area (Å²) >= 11 is 0. The van der Waals surface area contributed by atoms with Gasteiger partial charge in [0.1, 0.15) is 11.4 Å². The fraction of sp³-hybridized carbons (Fsp3) is 0.214. The van der Waals surface area contributed by atoms with Gasteiger partial charge in [0.15, 0.2) is 12.0 Å². The topological polar surface area (TPSA) is 108 Å². The van der Waals surface area contributed by atoms with Crippen molar-refractivity contribution < 1.29 is 30.2 Å². The molecule has 13 heteroatoms. The number of nitriles is 1. The highest BCUT2D eigenvalue weighted by atomic mass is 32.3. The number of halogens is 4. The van der Waals surface area contributed by atoms with E-state index in [1.165, 1.54) is 24.3 Å². The summed E-state index contributed by atoms with van der Waals surface area (Å²) in [5.41, 5.74) is 1.44.